The normalized spacial score (nSPS) is 10.3. The van der Waals surface area contributed by atoms with E-state index in [2.05, 4.69) is 15.6 Å². The number of thiazole rings is 1. The first kappa shape index (κ1) is 17.0. The quantitative estimate of drug-likeness (QED) is 0.666. The van der Waals surface area contributed by atoms with Crippen LogP contribution in [-0.2, 0) is 0 Å². The van der Waals surface area contributed by atoms with Gasteiger partial charge < -0.3 is 5.32 Å². The average molecular weight is 371 g/mol. The van der Waals surface area contributed by atoms with Crippen molar-refractivity contribution in [2.45, 2.75) is 6.92 Å². The molecule has 0 saturated heterocycles. The predicted molar refractivity (Wildman–Crippen MR) is 98.8 cm³/mol. The van der Waals surface area contributed by atoms with Crippen molar-refractivity contribution in [3.8, 4) is 0 Å². The lowest BCUT2D eigenvalue weighted by molar-refractivity contribution is 0.100. The first-order valence-corrected chi connectivity index (χ1v) is 9.01. The molecule has 6 nitrogen and oxygen atoms in total. The Labute approximate surface area is 151 Å². The molecule has 0 radical (unpaired) electrons. The summed E-state index contributed by atoms with van der Waals surface area (Å²) in [7, 11) is 0. The molecular weight excluding hydrogens is 358 g/mol. The van der Waals surface area contributed by atoms with E-state index in [1.165, 1.54) is 29.6 Å². The molecule has 2 N–H and O–H groups in total. The van der Waals surface area contributed by atoms with E-state index in [1.54, 1.807) is 41.8 Å². The maximum atomic E-state index is 12.3. The molecule has 0 unspecified atom stereocenters. The Morgan fingerprint density at radius 3 is 2.52 bits per heavy atom. The Morgan fingerprint density at radius 1 is 1.00 bits per heavy atom. The van der Waals surface area contributed by atoms with Gasteiger partial charge in [0.2, 0.25) is 0 Å². The Kier molecular flexibility index (Phi) is 5.01. The molecule has 0 aliphatic carbocycles. The van der Waals surface area contributed by atoms with Crippen molar-refractivity contribution in [1.82, 2.24) is 4.98 Å². The van der Waals surface area contributed by atoms with Crippen LogP contribution in [0.1, 0.15) is 37.4 Å². The van der Waals surface area contributed by atoms with Gasteiger partial charge in [-0.3, -0.25) is 19.7 Å². The van der Waals surface area contributed by atoms with E-state index < -0.39 is 0 Å². The van der Waals surface area contributed by atoms with Crippen LogP contribution in [0.4, 0.5) is 10.8 Å². The van der Waals surface area contributed by atoms with Crippen LogP contribution in [0.25, 0.3) is 0 Å². The molecule has 8 heteroatoms. The van der Waals surface area contributed by atoms with Crippen LogP contribution in [0.15, 0.2) is 47.2 Å². The van der Waals surface area contributed by atoms with Crippen LogP contribution >= 0.6 is 22.7 Å². The van der Waals surface area contributed by atoms with Gasteiger partial charge in [0.1, 0.15) is 5.69 Å². The lowest BCUT2D eigenvalue weighted by Crippen LogP contribution is -2.14. The molecule has 0 aliphatic rings. The zero-order chi connectivity index (χ0) is 17.8. The molecule has 0 bridgehead atoms. The van der Waals surface area contributed by atoms with Crippen molar-refractivity contribution < 1.29 is 14.4 Å². The number of amides is 2. The molecule has 2 aromatic heterocycles. The van der Waals surface area contributed by atoms with Crippen molar-refractivity contribution in [3.63, 3.8) is 0 Å². The van der Waals surface area contributed by atoms with Gasteiger partial charge in [0, 0.05) is 23.6 Å². The van der Waals surface area contributed by atoms with Crippen molar-refractivity contribution in [1.29, 1.82) is 0 Å². The Hall–Kier alpha value is -2.84. The molecule has 0 fully saturated rings. The minimum absolute atomic E-state index is 0.157. The third-order valence-electron chi connectivity index (χ3n) is 3.21. The molecule has 0 atom stereocenters. The van der Waals surface area contributed by atoms with Crippen molar-refractivity contribution >= 4 is 51.1 Å². The summed E-state index contributed by atoms with van der Waals surface area (Å²) in [5.41, 5.74) is 1.22. The number of aromatic nitrogens is 1. The van der Waals surface area contributed by atoms with Crippen molar-refractivity contribution in [3.05, 3.63) is 63.3 Å². The van der Waals surface area contributed by atoms with Crippen molar-refractivity contribution in [2.24, 2.45) is 0 Å². The van der Waals surface area contributed by atoms with Gasteiger partial charge in [-0.2, -0.15) is 0 Å². The number of rotatable bonds is 5. The van der Waals surface area contributed by atoms with Crippen molar-refractivity contribution in [2.75, 3.05) is 10.6 Å². The Balaban J connectivity index is 1.70. The number of anilines is 2. The number of carbonyl (C=O) groups excluding carboxylic acids is 3. The van der Waals surface area contributed by atoms with E-state index >= 15 is 0 Å². The molecule has 1 aromatic carbocycles. The Morgan fingerprint density at radius 2 is 1.84 bits per heavy atom. The molecule has 2 amide bonds. The fraction of sp³-hybridized carbons (Fsp3) is 0.0588. The smallest absolute Gasteiger partial charge is 0.265 e. The fourth-order valence-corrected chi connectivity index (χ4v) is 3.36. The zero-order valence-corrected chi connectivity index (χ0v) is 14.7. The standard InChI is InChI=1S/C17H13N3O3S2/c1-10(21)13-9-25-17(19-13)20-15(22)11-4-2-5-12(8-11)18-16(23)14-6-3-7-24-14/h2-9H,1H3,(H,18,23)(H,19,20,22). The summed E-state index contributed by atoms with van der Waals surface area (Å²) in [6, 6.07) is 10.1. The molecule has 126 valence electrons. The van der Waals surface area contributed by atoms with E-state index in [0.29, 0.717) is 27.0 Å². The maximum Gasteiger partial charge on any atom is 0.265 e. The van der Waals surface area contributed by atoms with Crippen LogP contribution in [0.2, 0.25) is 0 Å². The molecule has 2 heterocycles. The van der Waals surface area contributed by atoms with Gasteiger partial charge in [-0.15, -0.1) is 22.7 Å². The number of nitrogens with zero attached hydrogens (tertiary/aromatic N) is 1. The van der Waals surface area contributed by atoms with E-state index in [0.717, 1.165) is 0 Å². The summed E-state index contributed by atoms with van der Waals surface area (Å²) >= 11 is 2.52. The molecule has 25 heavy (non-hydrogen) atoms. The number of ketones is 1. The molecule has 3 rings (SSSR count). The molecule has 0 aliphatic heterocycles. The SMILES string of the molecule is CC(=O)c1csc(NC(=O)c2cccc(NC(=O)c3cccs3)c2)n1. The molecule has 3 aromatic rings. The highest BCUT2D eigenvalue weighted by atomic mass is 32.1. The second-order valence-electron chi connectivity index (χ2n) is 5.06. The topological polar surface area (TPSA) is 88.2 Å². The number of thiophene rings is 1. The van der Waals surface area contributed by atoms with Gasteiger partial charge >= 0.3 is 0 Å². The molecule has 0 spiro atoms. The summed E-state index contributed by atoms with van der Waals surface area (Å²) in [5, 5.41) is 9.17. The maximum absolute atomic E-state index is 12.3. The monoisotopic (exact) mass is 371 g/mol. The molecular formula is C17H13N3O3S2. The first-order chi connectivity index (χ1) is 12.0. The highest BCUT2D eigenvalue weighted by molar-refractivity contribution is 7.14. The van der Waals surface area contributed by atoms with Gasteiger partial charge in [-0.25, -0.2) is 4.98 Å². The number of benzene rings is 1. The lowest BCUT2D eigenvalue weighted by atomic mass is 10.2. The van der Waals surface area contributed by atoms with Crippen LogP contribution in [0, 0.1) is 0 Å². The van der Waals surface area contributed by atoms with E-state index in [4.69, 9.17) is 0 Å². The summed E-state index contributed by atoms with van der Waals surface area (Å²) in [6.45, 7) is 1.42. The summed E-state index contributed by atoms with van der Waals surface area (Å²) in [5.74, 6) is -0.745. The molecule has 0 saturated carbocycles. The zero-order valence-electron chi connectivity index (χ0n) is 13.1. The lowest BCUT2D eigenvalue weighted by Gasteiger charge is -2.06. The van der Waals surface area contributed by atoms with E-state index in [-0.39, 0.29) is 17.6 Å². The first-order valence-electron chi connectivity index (χ1n) is 7.25. The number of Topliss-reactive ketones (excluding diaryl/α,β-unsaturated/α-hetero) is 1. The van der Waals surface area contributed by atoms with Gasteiger partial charge in [0.05, 0.1) is 4.88 Å². The fourth-order valence-electron chi connectivity index (χ4n) is 2.00. The Bertz CT molecular complexity index is 932. The highest BCUT2D eigenvalue weighted by Gasteiger charge is 2.12. The van der Waals surface area contributed by atoms with Crippen LogP contribution in [-0.4, -0.2) is 22.6 Å². The van der Waals surface area contributed by atoms with Crippen LogP contribution < -0.4 is 10.6 Å². The predicted octanol–water partition coefficient (Wildman–Crippen LogP) is 3.91. The van der Waals surface area contributed by atoms with Crippen LogP contribution in [0.3, 0.4) is 0 Å². The van der Waals surface area contributed by atoms with Crippen LogP contribution in [0.5, 0.6) is 0 Å². The van der Waals surface area contributed by atoms with E-state index in [1.807, 2.05) is 5.38 Å². The highest BCUT2D eigenvalue weighted by Crippen LogP contribution is 2.19. The second kappa shape index (κ2) is 7.37. The van der Waals surface area contributed by atoms with E-state index in [9.17, 15) is 14.4 Å². The number of hydrogen-bond donors (Lipinski definition) is 2. The average Bonchev–Trinajstić information content (AvgIpc) is 3.27. The van der Waals surface area contributed by atoms with Gasteiger partial charge in [0.25, 0.3) is 11.8 Å². The number of hydrogen-bond acceptors (Lipinski definition) is 6. The van der Waals surface area contributed by atoms with Gasteiger partial charge in [0.15, 0.2) is 10.9 Å². The second-order valence-corrected chi connectivity index (χ2v) is 6.87. The minimum atomic E-state index is -0.364. The number of nitrogens with one attached hydrogen (secondary N) is 2. The number of carbonyl (C=O) groups is 3. The third kappa shape index (κ3) is 4.17. The summed E-state index contributed by atoms with van der Waals surface area (Å²) < 4.78 is 0. The summed E-state index contributed by atoms with van der Waals surface area (Å²) in [4.78, 5) is 40.3. The third-order valence-corrected chi connectivity index (χ3v) is 4.84. The van der Waals surface area contributed by atoms with Gasteiger partial charge in [-0.05, 0) is 29.6 Å². The minimum Gasteiger partial charge on any atom is -0.321 e. The van der Waals surface area contributed by atoms with Gasteiger partial charge in [-0.1, -0.05) is 12.1 Å². The largest absolute Gasteiger partial charge is 0.321 e. The summed E-state index contributed by atoms with van der Waals surface area (Å²) in [6.07, 6.45) is 0.